The molecule has 0 bridgehead atoms. The van der Waals surface area contributed by atoms with Crippen LogP contribution in [0.2, 0.25) is 0 Å². The quantitative estimate of drug-likeness (QED) is 0.537. The van der Waals surface area contributed by atoms with Gasteiger partial charge in [-0.3, -0.25) is 20.3 Å². The van der Waals surface area contributed by atoms with Crippen LogP contribution in [0.5, 0.6) is 0 Å². The van der Waals surface area contributed by atoms with Gasteiger partial charge in [0, 0.05) is 14.1 Å². The van der Waals surface area contributed by atoms with Crippen molar-refractivity contribution in [3.8, 4) is 0 Å². The molecule has 0 radical (unpaired) electrons. The van der Waals surface area contributed by atoms with Crippen LogP contribution >= 0.6 is 0 Å². The highest BCUT2D eigenvalue weighted by atomic mass is 16.4. The van der Waals surface area contributed by atoms with E-state index in [1.807, 2.05) is 0 Å². The Morgan fingerprint density at radius 3 is 2.61 bits per heavy atom. The minimum atomic E-state index is -1.13. The highest BCUT2D eigenvalue weighted by molar-refractivity contribution is 6.22. The third-order valence-corrected chi connectivity index (χ3v) is 2.87. The SMILES string of the molecule is CN1C(=O)C2C(=NC(N)=[N+]2CC(=O)O)N(C)C1=O. The summed E-state index contributed by atoms with van der Waals surface area (Å²) in [6, 6.07) is -1.48. The number of urea groups is 1. The zero-order valence-electron chi connectivity index (χ0n) is 9.82. The maximum Gasteiger partial charge on any atom is 0.388 e. The smallest absolute Gasteiger partial charge is 0.388 e. The predicted molar refractivity (Wildman–Crippen MR) is 59.1 cm³/mol. The van der Waals surface area contributed by atoms with Gasteiger partial charge in [0.2, 0.25) is 11.9 Å². The summed E-state index contributed by atoms with van der Waals surface area (Å²) in [4.78, 5) is 40.4. The Hall–Kier alpha value is -2.45. The van der Waals surface area contributed by atoms with Crippen molar-refractivity contribution in [2.75, 3.05) is 20.6 Å². The summed E-state index contributed by atoms with van der Waals surface area (Å²) in [6.45, 7) is -0.453. The van der Waals surface area contributed by atoms with Crippen LogP contribution in [-0.2, 0) is 9.59 Å². The number of hydrogen-bond donors (Lipinski definition) is 2. The Bertz CT molecular complexity index is 523. The van der Waals surface area contributed by atoms with E-state index >= 15 is 0 Å². The number of carbonyl (C=O) groups is 3. The number of fused-ring (bicyclic) bond motifs is 1. The molecule has 2 heterocycles. The first kappa shape index (κ1) is 12.0. The molecule has 2 aliphatic heterocycles. The Kier molecular flexibility index (Phi) is 2.53. The zero-order valence-corrected chi connectivity index (χ0v) is 9.82. The number of aliphatic imine (C=N–C) groups is 1. The summed E-state index contributed by atoms with van der Waals surface area (Å²) in [6.07, 6.45) is 0. The van der Waals surface area contributed by atoms with Gasteiger partial charge in [-0.2, -0.15) is 0 Å². The maximum absolute atomic E-state index is 12.0. The standard InChI is InChI=1S/C9H11N5O4/c1-12-6-5(7(17)13(2)9(12)18)14(3-4(15)16)8(10)11-6/h5,10H,3H2,1-2H3,(H,15,16)/p+1. The number of aliphatic carboxylic acids is 1. The number of hydrogen-bond acceptors (Lipinski definition) is 5. The molecule has 9 heteroatoms. The van der Waals surface area contributed by atoms with Crippen molar-refractivity contribution in [3.63, 3.8) is 0 Å². The van der Waals surface area contributed by atoms with Gasteiger partial charge in [0.25, 0.3) is 5.91 Å². The van der Waals surface area contributed by atoms with E-state index in [0.29, 0.717) is 0 Å². The van der Waals surface area contributed by atoms with E-state index in [-0.39, 0.29) is 11.8 Å². The van der Waals surface area contributed by atoms with Gasteiger partial charge >= 0.3 is 18.0 Å². The molecule has 18 heavy (non-hydrogen) atoms. The number of carboxylic acid groups (broad SMARTS) is 1. The third-order valence-electron chi connectivity index (χ3n) is 2.87. The van der Waals surface area contributed by atoms with Gasteiger partial charge < -0.3 is 5.11 Å². The fraction of sp³-hybridized carbons (Fsp3) is 0.444. The zero-order chi connectivity index (χ0) is 13.6. The summed E-state index contributed by atoms with van der Waals surface area (Å²) in [5.74, 6) is -1.61. The van der Waals surface area contributed by atoms with Gasteiger partial charge in [0.15, 0.2) is 6.54 Å². The van der Waals surface area contributed by atoms with Gasteiger partial charge in [-0.05, 0) is 0 Å². The molecule has 2 rings (SSSR count). The van der Waals surface area contributed by atoms with Gasteiger partial charge in [-0.25, -0.2) is 14.2 Å². The number of amides is 3. The maximum atomic E-state index is 12.0. The molecule has 3 N–H and O–H groups in total. The molecule has 2 aliphatic rings. The summed E-state index contributed by atoms with van der Waals surface area (Å²) in [5.41, 5.74) is 5.59. The summed E-state index contributed by atoms with van der Waals surface area (Å²) in [5, 5.41) is 8.79. The molecule has 3 amide bonds. The van der Waals surface area contributed by atoms with Crippen molar-refractivity contribution in [1.29, 1.82) is 0 Å². The topological polar surface area (TPSA) is 119 Å². The molecule has 1 fully saturated rings. The van der Waals surface area contributed by atoms with Crippen LogP contribution < -0.4 is 5.73 Å². The largest absolute Gasteiger partial charge is 0.479 e. The first-order valence-electron chi connectivity index (χ1n) is 5.09. The van der Waals surface area contributed by atoms with E-state index in [2.05, 4.69) is 4.99 Å². The van der Waals surface area contributed by atoms with Crippen LogP contribution in [0.1, 0.15) is 0 Å². The molecular formula is C9H12N5O4+. The van der Waals surface area contributed by atoms with E-state index in [1.54, 1.807) is 0 Å². The second kappa shape index (κ2) is 3.79. The van der Waals surface area contributed by atoms with Crippen LogP contribution in [0.15, 0.2) is 4.99 Å². The summed E-state index contributed by atoms with van der Waals surface area (Å²) >= 11 is 0. The molecule has 9 nitrogen and oxygen atoms in total. The van der Waals surface area contributed by atoms with Crippen molar-refractivity contribution in [3.05, 3.63) is 0 Å². The third kappa shape index (κ3) is 1.51. The lowest BCUT2D eigenvalue weighted by Gasteiger charge is -2.31. The van der Waals surface area contributed by atoms with Gasteiger partial charge in [-0.1, -0.05) is 4.99 Å². The molecule has 0 aliphatic carbocycles. The van der Waals surface area contributed by atoms with Crippen molar-refractivity contribution in [2.45, 2.75) is 6.04 Å². The molecule has 0 aromatic heterocycles. The molecule has 0 spiro atoms. The average molecular weight is 254 g/mol. The van der Waals surface area contributed by atoms with E-state index in [1.165, 1.54) is 19.0 Å². The first-order valence-corrected chi connectivity index (χ1v) is 5.09. The summed E-state index contributed by atoms with van der Waals surface area (Å²) in [7, 11) is 2.78. The van der Waals surface area contributed by atoms with Crippen LogP contribution in [0, 0.1) is 0 Å². The number of rotatable bonds is 2. The second-order valence-electron chi connectivity index (χ2n) is 3.99. The van der Waals surface area contributed by atoms with Gasteiger partial charge in [0.05, 0.1) is 0 Å². The first-order chi connectivity index (χ1) is 8.34. The number of carboxylic acids is 1. The number of guanidine groups is 1. The fourth-order valence-corrected chi connectivity index (χ4v) is 1.94. The van der Waals surface area contributed by atoms with E-state index in [4.69, 9.17) is 10.8 Å². The minimum Gasteiger partial charge on any atom is -0.479 e. The molecule has 96 valence electrons. The number of carbonyl (C=O) groups excluding carboxylic acids is 2. The predicted octanol–water partition coefficient (Wildman–Crippen LogP) is -2.30. The van der Waals surface area contributed by atoms with Crippen LogP contribution in [0.3, 0.4) is 0 Å². The van der Waals surface area contributed by atoms with Crippen LogP contribution in [-0.4, -0.2) is 75.9 Å². The molecule has 0 aromatic rings. The van der Waals surface area contributed by atoms with Crippen molar-refractivity contribution in [2.24, 2.45) is 10.7 Å². The van der Waals surface area contributed by atoms with Gasteiger partial charge in [-0.15, -0.1) is 0 Å². The highest BCUT2D eigenvalue weighted by Crippen LogP contribution is 2.17. The Labute approximate surface area is 102 Å². The monoisotopic (exact) mass is 254 g/mol. The second-order valence-corrected chi connectivity index (χ2v) is 3.99. The van der Waals surface area contributed by atoms with Crippen molar-refractivity contribution < 1.29 is 24.1 Å². The number of imide groups is 1. The van der Waals surface area contributed by atoms with Crippen molar-refractivity contribution in [1.82, 2.24) is 9.80 Å². The number of nitrogens with zero attached hydrogens (tertiary/aromatic N) is 4. The number of amidine groups is 1. The molecule has 1 atom stereocenters. The molecular weight excluding hydrogens is 242 g/mol. The lowest BCUT2D eigenvalue weighted by molar-refractivity contribution is -0.526. The minimum absolute atomic E-state index is 0.0827. The Balaban J connectivity index is 2.43. The molecule has 0 aromatic carbocycles. The van der Waals surface area contributed by atoms with E-state index < -0.39 is 30.5 Å². The lowest BCUT2D eigenvalue weighted by atomic mass is 10.1. The van der Waals surface area contributed by atoms with Gasteiger partial charge in [0.1, 0.15) is 0 Å². The van der Waals surface area contributed by atoms with E-state index in [9.17, 15) is 14.4 Å². The number of likely N-dealkylation sites (N-methyl/N-ethyl adjacent to an activating group) is 2. The normalized spacial score (nSPS) is 23.4. The fourth-order valence-electron chi connectivity index (χ4n) is 1.94. The molecule has 1 saturated heterocycles. The van der Waals surface area contributed by atoms with Crippen LogP contribution in [0.25, 0.3) is 0 Å². The lowest BCUT2D eigenvalue weighted by Crippen LogP contribution is -2.62. The highest BCUT2D eigenvalue weighted by Gasteiger charge is 2.51. The number of nitrogens with two attached hydrogens (primary N) is 1. The average Bonchev–Trinajstić information content (AvgIpc) is 2.61. The molecule has 0 saturated carbocycles. The Morgan fingerprint density at radius 2 is 2.06 bits per heavy atom. The van der Waals surface area contributed by atoms with E-state index in [0.717, 1.165) is 9.48 Å². The Morgan fingerprint density at radius 1 is 1.44 bits per heavy atom. The molecule has 1 unspecified atom stereocenters. The summed E-state index contributed by atoms with van der Waals surface area (Å²) < 4.78 is 1.15. The van der Waals surface area contributed by atoms with Crippen molar-refractivity contribution >= 4 is 29.7 Å². The van der Waals surface area contributed by atoms with Crippen LogP contribution in [0.4, 0.5) is 4.79 Å².